The predicted molar refractivity (Wildman–Crippen MR) is 92.9 cm³/mol. The van der Waals surface area contributed by atoms with Gasteiger partial charge in [-0.15, -0.1) is 22.7 Å². The summed E-state index contributed by atoms with van der Waals surface area (Å²) in [5.74, 6) is 1.33. The molecule has 0 radical (unpaired) electrons. The predicted octanol–water partition coefficient (Wildman–Crippen LogP) is 3.48. The van der Waals surface area contributed by atoms with Crippen LogP contribution < -0.4 is 14.8 Å². The number of aryl methyl sites for hydroxylation is 1. The number of rotatable bonds is 4. The summed E-state index contributed by atoms with van der Waals surface area (Å²) in [4.78, 5) is 20.8. The molecule has 6 nitrogen and oxygen atoms in total. The molecule has 1 aliphatic heterocycles. The van der Waals surface area contributed by atoms with Crippen LogP contribution in [0.1, 0.15) is 10.7 Å². The molecule has 1 aliphatic rings. The molecule has 1 amide bonds. The number of ether oxygens (including phenoxy) is 2. The van der Waals surface area contributed by atoms with E-state index in [9.17, 15) is 4.79 Å². The maximum Gasteiger partial charge on any atom is 0.232 e. The number of carbonyl (C=O) groups is 1. The number of aromatic nitrogens is 2. The van der Waals surface area contributed by atoms with Crippen LogP contribution in [0.4, 0.5) is 5.13 Å². The summed E-state index contributed by atoms with van der Waals surface area (Å²) in [5, 5.41) is 8.14. The average Bonchev–Trinajstić information content (AvgIpc) is 3.27. The van der Waals surface area contributed by atoms with E-state index in [0.717, 1.165) is 27.7 Å². The van der Waals surface area contributed by atoms with Crippen LogP contribution in [0.25, 0.3) is 11.3 Å². The largest absolute Gasteiger partial charge is 0.454 e. The minimum Gasteiger partial charge on any atom is -0.454 e. The van der Waals surface area contributed by atoms with Crippen LogP contribution in [0.5, 0.6) is 11.5 Å². The van der Waals surface area contributed by atoms with E-state index in [4.69, 9.17) is 9.47 Å². The zero-order valence-corrected chi connectivity index (χ0v) is 14.4. The molecule has 3 heterocycles. The van der Waals surface area contributed by atoms with Crippen molar-refractivity contribution in [3.63, 3.8) is 0 Å². The molecule has 0 fully saturated rings. The van der Waals surface area contributed by atoms with Crippen LogP contribution in [-0.4, -0.2) is 22.7 Å². The molecule has 0 bridgehead atoms. The number of amides is 1. The third-order valence-electron chi connectivity index (χ3n) is 3.43. The van der Waals surface area contributed by atoms with E-state index >= 15 is 0 Å². The number of hydrogen-bond acceptors (Lipinski definition) is 7. The lowest BCUT2D eigenvalue weighted by Crippen LogP contribution is -2.14. The van der Waals surface area contributed by atoms with Crippen molar-refractivity contribution >= 4 is 33.7 Å². The molecule has 0 saturated carbocycles. The fraction of sp³-hybridized carbons (Fsp3) is 0.188. The van der Waals surface area contributed by atoms with E-state index in [-0.39, 0.29) is 19.1 Å². The zero-order valence-electron chi connectivity index (χ0n) is 12.7. The Morgan fingerprint density at radius 3 is 2.92 bits per heavy atom. The van der Waals surface area contributed by atoms with E-state index in [1.807, 2.05) is 35.9 Å². The van der Waals surface area contributed by atoms with Crippen LogP contribution in [0.2, 0.25) is 0 Å². The van der Waals surface area contributed by atoms with Crippen molar-refractivity contribution in [2.45, 2.75) is 13.3 Å². The van der Waals surface area contributed by atoms with Crippen molar-refractivity contribution in [1.82, 2.24) is 9.97 Å². The quantitative estimate of drug-likeness (QED) is 0.772. The molecule has 2 aromatic heterocycles. The Bertz CT molecular complexity index is 904. The van der Waals surface area contributed by atoms with Gasteiger partial charge < -0.3 is 14.8 Å². The van der Waals surface area contributed by atoms with Crippen LogP contribution in [-0.2, 0) is 11.2 Å². The lowest BCUT2D eigenvalue weighted by atomic mass is 10.1. The van der Waals surface area contributed by atoms with Crippen molar-refractivity contribution < 1.29 is 14.3 Å². The highest BCUT2D eigenvalue weighted by Gasteiger charge is 2.15. The van der Waals surface area contributed by atoms with Gasteiger partial charge in [0.1, 0.15) is 0 Å². The normalized spacial score (nSPS) is 12.4. The summed E-state index contributed by atoms with van der Waals surface area (Å²) in [5.41, 5.74) is 2.49. The molecule has 1 N–H and O–H groups in total. The summed E-state index contributed by atoms with van der Waals surface area (Å²) in [6, 6.07) is 5.67. The number of anilines is 1. The van der Waals surface area contributed by atoms with Gasteiger partial charge in [0.05, 0.1) is 22.8 Å². The minimum atomic E-state index is -0.119. The molecule has 0 spiro atoms. The van der Waals surface area contributed by atoms with Crippen molar-refractivity contribution in [2.24, 2.45) is 0 Å². The number of carbonyl (C=O) groups excluding carboxylic acids is 1. The van der Waals surface area contributed by atoms with E-state index in [0.29, 0.717) is 10.9 Å². The maximum atomic E-state index is 12.1. The first-order valence-corrected chi connectivity index (χ1v) is 9.00. The van der Waals surface area contributed by atoms with Crippen molar-refractivity contribution in [2.75, 3.05) is 12.1 Å². The highest BCUT2D eigenvalue weighted by atomic mass is 32.1. The number of benzene rings is 1. The SMILES string of the molecule is Cc1nc(CC(=O)Nc2nc(-c3ccc4c(c3)OCO4)cs2)cs1. The van der Waals surface area contributed by atoms with Gasteiger partial charge in [-0.3, -0.25) is 4.79 Å². The van der Waals surface area contributed by atoms with Gasteiger partial charge in [-0.2, -0.15) is 0 Å². The van der Waals surface area contributed by atoms with Crippen LogP contribution in [0, 0.1) is 6.92 Å². The van der Waals surface area contributed by atoms with Gasteiger partial charge in [0.25, 0.3) is 0 Å². The van der Waals surface area contributed by atoms with Crippen LogP contribution >= 0.6 is 22.7 Å². The van der Waals surface area contributed by atoms with E-state index in [2.05, 4.69) is 15.3 Å². The Balaban J connectivity index is 1.45. The molecule has 0 aliphatic carbocycles. The number of nitrogens with zero attached hydrogens (tertiary/aromatic N) is 2. The summed E-state index contributed by atoms with van der Waals surface area (Å²) >= 11 is 2.93. The Labute approximate surface area is 146 Å². The molecule has 4 rings (SSSR count). The fourth-order valence-electron chi connectivity index (χ4n) is 2.34. The van der Waals surface area contributed by atoms with Crippen molar-refractivity contribution in [3.05, 3.63) is 39.7 Å². The lowest BCUT2D eigenvalue weighted by Gasteiger charge is -2.00. The number of thiazole rings is 2. The molecule has 3 aromatic rings. The maximum absolute atomic E-state index is 12.1. The third-order valence-corrected chi connectivity index (χ3v) is 5.01. The first-order chi connectivity index (χ1) is 11.7. The Kier molecular flexibility index (Phi) is 3.91. The molecule has 24 heavy (non-hydrogen) atoms. The summed E-state index contributed by atoms with van der Waals surface area (Å²) < 4.78 is 10.7. The van der Waals surface area contributed by atoms with Gasteiger partial charge in [-0.05, 0) is 25.1 Å². The Morgan fingerprint density at radius 2 is 2.08 bits per heavy atom. The minimum absolute atomic E-state index is 0.119. The topological polar surface area (TPSA) is 73.3 Å². The molecule has 0 unspecified atom stereocenters. The second kappa shape index (κ2) is 6.21. The number of nitrogens with one attached hydrogen (secondary N) is 1. The Hall–Kier alpha value is -2.45. The molecule has 0 atom stereocenters. The average molecular weight is 359 g/mol. The molecule has 0 saturated heterocycles. The number of fused-ring (bicyclic) bond motifs is 1. The molecule has 122 valence electrons. The fourth-order valence-corrected chi connectivity index (χ4v) is 3.69. The smallest absolute Gasteiger partial charge is 0.232 e. The van der Waals surface area contributed by atoms with Gasteiger partial charge >= 0.3 is 0 Å². The Morgan fingerprint density at radius 1 is 1.21 bits per heavy atom. The molecular formula is C16H13N3O3S2. The summed E-state index contributed by atoms with van der Waals surface area (Å²) in [7, 11) is 0. The second-order valence-corrected chi connectivity index (χ2v) is 7.11. The van der Waals surface area contributed by atoms with Gasteiger partial charge in [-0.25, -0.2) is 9.97 Å². The van der Waals surface area contributed by atoms with E-state index in [1.165, 1.54) is 22.7 Å². The van der Waals surface area contributed by atoms with Crippen molar-refractivity contribution in [3.8, 4) is 22.8 Å². The highest BCUT2D eigenvalue weighted by Crippen LogP contribution is 2.36. The van der Waals surface area contributed by atoms with Gasteiger partial charge in [-0.1, -0.05) is 0 Å². The first-order valence-electron chi connectivity index (χ1n) is 7.24. The monoisotopic (exact) mass is 359 g/mol. The third kappa shape index (κ3) is 3.10. The summed E-state index contributed by atoms with van der Waals surface area (Å²) in [6.07, 6.45) is 0.253. The zero-order chi connectivity index (χ0) is 16.5. The first kappa shape index (κ1) is 15.1. The van der Waals surface area contributed by atoms with E-state index < -0.39 is 0 Å². The second-order valence-electron chi connectivity index (χ2n) is 5.19. The standard InChI is InChI=1S/C16H13N3O3S2/c1-9-17-11(6-23-9)5-15(20)19-16-18-12(7-24-16)10-2-3-13-14(4-10)22-8-21-13/h2-4,6-7H,5,8H2,1H3,(H,18,19,20). The molecule has 1 aromatic carbocycles. The van der Waals surface area contributed by atoms with E-state index in [1.54, 1.807) is 0 Å². The van der Waals surface area contributed by atoms with Gasteiger partial charge in [0.15, 0.2) is 16.6 Å². The molecule has 8 heteroatoms. The van der Waals surface area contributed by atoms with Gasteiger partial charge in [0.2, 0.25) is 12.7 Å². The molecular weight excluding hydrogens is 346 g/mol. The van der Waals surface area contributed by atoms with Crippen LogP contribution in [0.3, 0.4) is 0 Å². The van der Waals surface area contributed by atoms with Gasteiger partial charge in [0, 0.05) is 16.3 Å². The highest BCUT2D eigenvalue weighted by molar-refractivity contribution is 7.14. The van der Waals surface area contributed by atoms with Crippen molar-refractivity contribution in [1.29, 1.82) is 0 Å². The summed E-state index contributed by atoms with van der Waals surface area (Å²) in [6.45, 7) is 2.16. The lowest BCUT2D eigenvalue weighted by molar-refractivity contribution is -0.115. The number of hydrogen-bond donors (Lipinski definition) is 1. The van der Waals surface area contributed by atoms with Crippen LogP contribution in [0.15, 0.2) is 29.0 Å².